The Morgan fingerprint density at radius 2 is 1.80 bits per heavy atom. The molecule has 7 nitrogen and oxygen atoms in total. The van der Waals surface area contributed by atoms with Crippen LogP contribution in [0, 0.1) is 6.92 Å². The second-order valence-corrected chi connectivity index (χ2v) is 7.56. The molecule has 156 valence electrons. The van der Waals surface area contributed by atoms with Gasteiger partial charge in [0.2, 0.25) is 0 Å². The van der Waals surface area contributed by atoms with Crippen molar-refractivity contribution in [2.75, 3.05) is 45.2 Å². The minimum absolute atomic E-state index is 0.0589. The number of hydrogen-bond donors (Lipinski definition) is 1. The number of likely N-dealkylation sites (N-methyl/N-ethyl adjacent to an activating group) is 1. The molecule has 30 heavy (non-hydrogen) atoms. The minimum atomic E-state index is -0.556. The number of methoxy groups -OCH3 is 1. The summed E-state index contributed by atoms with van der Waals surface area (Å²) in [5.41, 5.74) is 2.35. The van der Waals surface area contributed by atoms with Gasteiger partial charge < -0.3 is 24.1 Å². The van der Waals surface area contributed by atoms with E-state index in [2.05, 4.69) is 16.8 Å². The first kappa shape index (κ1) is 20.0. The summed E-state index contributed by atoms with van der Waals surface area (Å²) < 4.78 is 10.6. The zero-order valence-electron chi connectivity index (χ0n) is 17.3. The van der Waals surface area contributed by atoms with Crippen LogP contribution < -0.4 is 15.3 Å². The Bertz CT molecular complexity index is 1160. The number of aromatic hydroxyl groups is 1. The van der Waals surface area contributed by atoms with Crippen molar-refractivity contribution in [2.24, 2.45) is 0 Å². The average Bonchev–Trinajstić information content (AvgIpc) is 2.75. The van der Waals surface area contributed by atoms with Gasteiger partial charge in [0.15, 0.2) is 23.4 Å². The van der Waals surface area contributed by atoms with E-state index in [1.54, 1.807) is 13.0 Å². The van der Waals surface area contributed by atoms with Crippen molar-refractivity contribution >= 4 is 22.9 Å². The first-order chi connectivity index (χ1) is 14.4. The highest BCUT2D eigenvalue weighted by Gasteiger charge is 2.21. The van der Waals surface area contributed by atoms with Gasteiger partial charge in [0.25, 0.3) is 0 Å². The third kappa shape index (κ3) is 3.31. The van der Waals surface area contributed by atoms with Crippen molar-refractivity contribution in [1.82, 2.24) is 4.90 Å². The van der Waals surface area contributed by atoms with Crippen LogP contribution in [0.3, 0.4) is 0 Å². The van der Waals surface area contributed by atoms with E-state index in [1.807, 2.05) is 24.3 Å². The first-order valence-electron chi connectivity index (χ1n) is 9.81. The maximum atomic E-state index is 12.8. The van der Waals surface area contributed by atoms with Gasteiger partial charge in [-0.1, -0.05) is 12.1 Å². The molecule has 3 aromatic rings. The number of benzene rings is 2. The summed E-state index contributed by atoms with van der Waals surface area (Å²) in [5, 5.41) is 10.7. The van der Waals surface area contributed by atoms with Gasteiger partial charge in [0.1, 0.15) is 5.56 Å². The van der Waals surface area contributed by atoms with Crippen LogP contribution in [0.4, 0.5) is 5.69 Å². The lowest BCUT2D eigenvalue weighted by Crippen LogP contribution is -2.44. The molecular formula is C23H24N2O5. The fraction of sp³-hybridized carbons (Fsp3) is 0.304. The number of carbonyl (C=O) groups is 1. The molecule has 2 aromatic carbocycles. The normalized spacial score (nSPS) is 14.8. The number of piperazine rings is 1. The molecule has 2 heterocycles. The molecule has 1 fully saturated rings. The van der Waals surface area contributed by atoms with Gasteiger partial charge in [-0.25, -0.2) is 4.79 Å². The molecule has 1 aliphatic heterocycles. The van der Waals surface area contributed by atoms with E-state index in [9.17, 15) is 14.7 Å². The van der Waals surface area contributed by atoms with Crippen LogP contribution in [0.5, 0.6) is 11.5 Å². The first-order valence-corrected chi connectivity index (χ1v) is 9.81. The number of carbonyl (C=O) groups excluding carboxylic acids is 1. The van der Waals surface area contributed by atoms with Gasteiger partial charge in [-0.05, 0) is 43.3 Å². The molecule has 4 rings (SSSR count). The molecule has 1 saturated heterocycles. The van der Waals surface area contributed by atoms with Crippen LogP contribution in [0.2, 0.25) is 0 Å². The van der Waals surface area contributed by atoms with Crippen molar-refractivity contribution < 1.29 is 19.1 Å². The molecule has 0 saturated carbocycles. The summed E-state index contributed by atoms with van der Waals surface area (Å²) in [5.74, 6) is -0.190. The molecule has 0 spiro atoms. The fourth-order valence-electron chi connectivity index (χ4n) is 3.97. The predicted octanol–water partition coefficient (Wildman–Crippen LogP) is 3.05. The quantitative estimate of drug-likeness (QED) is 0.525. The van der Waals surface area contributed by atoms with Crippen molar-refractivity contribution in [1.29, 1.82) is 0 Å². The fourth-order valence-corrected chi connectivity index (χ4v) is 3.97. The predicted molar refractivity (Wildman–Crippen MR) is 116 cm³/mol. The average molecular weight is 408 g/mol. The second kappa shape index (κ2) is 7.84. The van der Waals surface area contributed by atoms with Crippen LogP contribution in [0.1, 0.15) is 15.9 Å². The topological polar surface area (TPSA) is 83.2 Å². The number of aldehydes is 1. The maximum Gasteiger partial charge on any atom is 0.344 e. The standard InChI is InChI=1S/C23H24N2O5/c1-14-17-12-19(29-3)21(27)18(13-26)22(17)30-23(28)20(14)15-4-6-16(7-5-15)25-10-8-24(2)9-11-25/h4-7,12-13,27H,8-11H2,1-3H3. The molecule has 1 N–H and O–H groups in total. The van der Waals surface area contributed by atoms with E-state index < -0.39 is 5.63 Å². The lowest BCUT2D eigenvalue weighted by Gasteiger charge is -2.34. The molecule has 0 atom stereocenters. The summed E-state index contributed by atoms with van der Waals surface area (Å²) in [6.07, 6.45) is 0.465. The van der Waals surface area contributed by atoms with E-state index in [4.69, 9.17) is 9.15 Å². The number of nitrogens with zero attached hydrogens (tertiary/aromatic N) is 2. The molecule has 0 amide bonds. The number of ether oxygens (including phenoxy) is 1. The molecule has 0 radical (unpaired) electrons. The van der Waals surface area contributed by atoms with E-state index in [1.165, 1.54) is 7.11 Å². The molecular weight excluding hydrogens is 384 g/mol. The molecule has 0 bridgehead atoms. The van der Waals surface area contributed by atoms with Gasteiger partial charge in [-0.3, -0.25) is 4.79 Å². The monoisotopic (exact) mass is 408 g/mol. The Morgan fingerprint density at radius 3 is 2.40 bits per heavy atom. The Kier molecular flexibility index (Phi) is 5.22. The lowest BCUT2D eigenvalue weighted by atomic mass is 9.97. The van der Waals surface area contributed by atoms with Gasteiger partial charge in [0.05, 0.1) is 12.7 Å². The van der Waals surface area contributed by atoms with Gasteiger partial charge in [-0.2, -0.15) is 0 Å². The van der Waals surface area contributed by atoms with Crippen molar-refractivity contribution in [3.63, 3.8) is 0 Å². The Labute approximate surface area is 174 Å². The summed E-state index contributed by atoms with van der Waals surface area (Å²) in [7, 11) is 3.52. The number of hydrogen-bond acceptors (Lipinski definition) is 7. The number of rotatable bonds is 4. The van der Waals surface area contributed by atoms with Crippen LogP contribution >= 0.6 is 0 Å². The highest BCUT2D eigenvalue weighted by Crippen LogP contribution is 2.38. The molecule has 1 aromatic heterocycles. The Balaban J connectivity index is 1.80. The highest BCUT2D eigenvalue weighted by atomic mass is 16.5. The van der Waals surface area contributed by atoms with Crippen molar-refractivity contribution in [2.45, 2.75) is 6.92 Å². The van der Waals surface area contributed by atoms with Crippen molar-refractivity contribution in [3.05, 3.63) is 51.9 Å². The van der Waals surface area contributed by atoms with E-state index in [0.29, 0.717) is 22.8 Å². The van der Waals surface area contributed by atoms with Crippen LogP contribution in [-0.4, -0.2) is 56.6 Å². The summed E-state index contributed by atoms with van der Waals surface area (Å²) in [4.78, 5) is 28.9. The zero-order chi connectivity index (χ0) is 21.4. The second-order valence-electron chi connectivity index (χ2n) is 7.56. The smallest absolute Gasteiger partial charge is 0.344 e. The SMILES string of the molecule is COc1cc2c(C)c(-c3ccc(N4CCN(C)CC4)cc3)c(=O)oc2c(C=O)c1O. The lowest BCUT2D eigenvalue weighted by molar-refractivity contribution is 0.112. The van der Waals surface area contributed by atoms with Crippen LogP contribution in [0.15, 0.2) is 39.5 Å². The van der Waals surface area contributed by atoms with Crippen molar-refractivity contribution in [3.8, 4) is 22.6 Å². The van der Waals surface area contributed by atoms with E-state index in [0.717, 1.165) is 37.4 Å². The number of aryl methyl sites for hydroxylation is 1. The van der Waals surface area contributed by atoms with Crippen LogP contribution in [-0.2, 0) is 0 Å². The molecule has 7 heteroatoms. The maximum absolute atomic E-state index is 12.8. The van der Waals surface area contributed by atoms with Gasteiger partial charge in [0, 0.05) is 37.3 Å². The summed E-state index contributed by atoms with van der Waals surface area (Å²) >= 11 is 0. The summed E-state index contributed by atoms with van der Waals surface area (Å²) in [6, 6.07) is 9.43. The highest BCUT2D eigenvalue weighted by molar-refractivity contribution is 6.01. The number of phenolic OH excluding ortho intramolecular Hbond substituents is 1. The summed E-state index contributed by atoms with van der Waals surface area (Å²) in [6.45, 7) is 5.76. The Hall–Kier alpha value is -3.32. The van der Waals surface area contributed by atoms with E-state index >= 15 is 0 Å². The number of anilines is 1. The van der Waals surface area contributed by atoms with E-state index in [-0.39, 0.29) is 22.6 Å². The largest absolute Gasteiger partial charge is 0.504 e. The minimum Gasteiger partial charge on any atom is -0.504 e. The molecule has 0 aliphatic carbocycles. The third-order valence-corrected chi connectivity index (χ3v) is 5.79. The van der Waals surface area contributed by atoms with Gasteiger partial charge in [-0.15, -0.1) is 0 Å². The number of phenols is 1. The van der Waals surface area contributed by atoms with Gasteiger partial charge >= 0.3 is 5.63 Å². The zero-order valence-corrected chi connectivity index (χ0v) is 17.3. The third-order valence-electron chi connectivity index (χ3n) is 5.79. The molecule has 1 aliphatic rings. The Morgan fingerprint density at radius 1 is 1.13 bits per heavy atom. The number of fused-ring (bicyclic) bond motifs is 1. The van der Waals surface area contributed by atoms with Crippen LogP contribution in [0.25, 0.3) is 22.1 Å². The molecule has 0 unspecified atom stereocenters.